The quantitative estimate of drug-likeness (QED) is 0.876. The van der Waals surface area contributed by atoms with Gasteiger partial charge in [-0.05, 0) is 23.8 Å². The van der Waals surface area contributed by atoms with Gasteiger partial charge in [0.1, 0.15) is 0 Å². The molecule has 1 heterocycles. The molecule has 0 spiro atoms. The fourth-order valence-electron chi connectivity index (χ4n) is 2.69. The predicted octanol–water partition coefficient (Wildman–Crippen LogP) is 2.68. The minimum absolute atomic E-state index is 0.0259. The van der Waals surface area contributed by atoms with Crippen molar-refractivity contribution in [1.29, 1.82) is 0 Å². The van der Waals surface area contributed by atoms with Crippen molar-refractivity contribution in [3.8, 4) is 0 Å². The number of nitrogens with zero attached hydrogens (tertiary/aromatic N) is 1. The third kappa shape index (κ3) is 2.20. The first-order valence-corrected chi connectivity index (χ1v) is 6.81. The highest BCUT2D eigenvalue weighted by atomic mass is 16.1. The second-order valence-electron chi connectivity index (χ2n) is 6.30. The molecule has 2 rings (SSSR count). The summed E-state index contributed by atoms with van der Waals surface area (Å²) < 4.78 is 0. The minimum Gasteiger partial charge on any atom is -0.383 e. The van der Waals surface area contributed by atoms with Crippen molar-refractivity contribution in [2.24, 2.45) is 10.8 Å². The summed E-state index contributed by atoms with van der Waals surface area (Å²) in [5.74, 6) is -0.0259. The number of anilines is 1. The summed E-state index contributed by atoms with van der Waals surface area (Å²) >= 11 is 0. The first-order chi connectivity index (χ1) is 8.82. The molecular formula is C15H23N3O. The Morgan fingerprint density at radius 2 is 1.95 bits per heavy atom. The molecule has 0 unspecified atom stereocenters. The summed E-state index contributed by atoms with van der Waals surface area (Å²) in [6, 6.07) is 1.98. The van der Waals surface area contributed by atoms with Gasteiger partial charge in [0, 0.05) is 18.8 Å². The summed E-state index contributed by atoms with van der Waals surface area (Å²) in [5, 5.41) is 6.31. The van der Waals surface area contributed by atoms with Crippen LogP contribution >= 0.6 is 0 Å². The number of aromatic nitrogens is 1. The first kappa shape index (κ1) is 13.8. The maximum atomic E-state index is 12.4. The molecule has 1 aromatic heterocycles. The van der Waals surface area contributed by atoms with Crippen molar-refractivity contribution in [2.45, 2.75) is 40.7 Å². The smallest absolute Gasteiger partial charge is 0.253 e. The van der Waals surface area contributed by atoms with Gasteiger partial charge in [0.25, 0.3) is 5.91 Å². The molecule has 104 valence electrons. The molecule has 1 aliphatic rings. The monoisotopic (exact) mass is 261 g/mol. The van der Waals surface area contributed by atoms with Crippen molar-refractivity contribution in [2.75, 3.05) is 11.9 Å². The average Bonchev–Trinajstić information content (AvgIpc) is 2.73. The highest BCUT2D eigenvalue weighted by Gasteiger charge is 2.65. The van der Waals surface area contributed by atoms with E-state index in [1.165, 1.54) is 0 Å². The van der Waals surface area contributed by atoms with Crippen LogP contribution in [0.4, 0.5) is 5.69 Å². The molecule has 0 aliphatic heterocycles. The van der Waals surface area contributed by atoms with Gasteiger partial charge in [0.05, 0.1) is 17.4 Å². The van der Waals surface area contributed by atoms with Gasteiger partial charge in [-0.2, -0.15) is 0 Å². The molecule has 1 fully saturated rings. The van der Waals surface area contributed by atoms with Gasteiger partial charge in [-0.1, -0.05) is 27.7 Å². The van der Waals surface area contributed by atoms with E-state index in [1.54, 1.807) is 18.5 Å². The van der Waals surface area contributed by atoms with Crippen molar-refractivity contribution >= 4 is 11.6 Å². The summed E-state index contributed by atoms with van der Waals surface area (Å²) in [6.07, 6.45) is 3.35. The van der Waals surface area contributed by atoms with E-state index in [0.29, 0.717) is 5.56 Å². The zero-order chi connectivity index (χ0) is 14.3. The highest BCUT2D eigenvalue weighted by molar-refractivity contribution is 5.99. The lowest BCUT2D eigenvalue weighted by atomic mass is 10.0. The molecular weight excluding hydrogens is 238 g/mol. The number of pyridine rings is 1. The Labute approximate surface area is 115 Å². The maximum absolute atomic E-state index is 12.4. The molecule has 1 amide bonds. The first-order valence-electron chi connectivity index (χ1n) is 6.81. The Kier molecular flexibility index (Phi) is 3.29. The maximum Gasteiger partial charge on any atom is 0.253 e. The number of hydrogen-bond donors (Lipinski definition) is 2. The van der Waals surface area contributed by atoms with Crippen molar-refractivity contribution in [3.05, 3.63) is 24.0 Å². The number of carbonyl (C=O) groups excluding carboxylic acids is 1. The number of amides is 1. The Bertz CT molecular complexity index is 480. The lowest BCUT2D eigenvalue weighted by Crippen LogP contribution is -2.30. The molecule has 1 saturated carbocycles. The molecule has 1 aromatic rings. The molecule has 0 atom stereocenters. The largest absolute Gasteiger partial charge is 0.383 e. The van der Waals surface area contributed by atoms with E-state index < -0.39 is 0 Å². The summed E-state index contributed by atoms with van der Waals surface area (Å²) in [4.78, 5) is 16.4. The second-order valence-corrected chi connectivity index (χ2v) is 6.30. The van der Waals surface area contributed by atoms with E-state index in [4.69, 9.17) is 0 Å². The van der Waals surface area contributed by atoms with Crippen LogP contribution in [0.25, 0.3) is 0 Å². The lowest BCUT2D eigenvalue weighted by molar-refractivity contribution is 0.0944. The van der Waals surface area contributed by atoms with Crippen molar-refractivity contribution in [1.82, 2.24) is 10.3 Å². The number of nitrogens with one attached hydrogen (secondary N) is 2. The standard InChI is InChI=1S/C15H23N3O/c1-6-17-11-9-16-8-7-10(11)12(19)18-13-14(2,3)15(13,4)5/h7-9,13,17H,6H2,1-5H3,(H,18,19). The molecule has 4 heteroatoms. The normalized spacial score (nSPS) is 19.8. The molecule has 0 bridgehead atoms. The molecule has 0 aromatic carbocycles. The number of rotatable bonds is 4. The van der Waals surface area contributed by atoms with Crippen LogP contribution < -0.4 is 10.6 Å². The highest BCUT2D eigenvalue weighted by Crippen LogP contribution is 2.62. The number of carbonyl (C=O) groups is 1. The van der Waals surface area contributed by atoms with Crippen LogP contribution in [0.15, 0.2) is 18.5 Å². The van der Waals surface area contributed by atoms with Crippen LogP contribution in [0.5, 0.6) is 0 Å². The van der Waals surface area contributed by atoms with Gasteiger partial charge in [0.15, 0.2) is 0 Å². The van der Waals surface area contributed by atoms with Crippen molar-refractivity contribution < 1.29 is 4.79 Å². The van der Waals surface area contributed by atoms with Crippen LogP contribution in [0, 0.1) is 10.8 Å². The summed E-state index contributed by atoms with van der Waals surface area (Å²) in [6.45, 7) is 11.5. The molecule has 2 N–H and O–H groups in total. The predicted molar refractivity (Wildman–Crippen MR) is 77.2 cm³/mol. The van der Waals surface area contributed by atoms with Gasteiger partial charge in [-0.15, -0.1) is 0 Å². The molecule has 0 radical (unpaired) electrons. The van der Waals surface area contributed by atoms with E-state index in [-0.39, 0.29) is 22.8 Å². The fourth-order valence-corrected chi connectivity index (χ4v) is 2.69. The topological polar surface area (TPSA) is 54.0 Å². The number of hydrogen-bond acceptors (Lipinski definition) is 3. The van der Waals surface area contributed by atoms with Crippen LogP contribution in [0.2, 0.25) is 0 Å². The summed E-state index contributed by atoms with van der Waals surface area (Å²) in [7, 11) is 0. The Morgan fingerprint density at radius 1 is 1.32 bits per heavy atom. The Morgan fingerprint density at radius 3 is 2.47 bits per heavy atom. The van der Waals surface area contributed by atoms with Crippen LogP contribution in [-0.4, -0.2) is 23.5 Å². The van der Waals surface area contributed by atoms with E-state index in [2.05, 4.69) is 43.3 Å². The Balaban J connectivity index is 2.14. The van der Waals surface area contributed by atoms with E-state index in [0.717, 1.165) is 12.2 Å². The van der Waals surface area contributed by atoms with Gasteiger partial charge in [-0.3, -0.25) is 9.78 Å². The second kappa shape index (κ2) is 4.51. The fraction of sp³-hybridized carbons (Fsp3) is 0.600. The third-order valence-electron chi connectivity index (χ3n) is 4.73. The van der Waals surface area contributed by atoms with Gasteiger partial charge >= 0.3 is 0 Å². The molecule has 0 saturated heterocycles. The van der Waals surface area contributed by atoms with Gasteiger partial charge in [-0.25, -0.2) is 0 Å². The van der Waals surface area contributed by atoms with Crippen molar-refractivity contribution in [3.63, 3.8) is 0 Å². The third-order valence-corrected chi connectivity index (χ3v) is 4.73. The van der Waals surface area contributed by atoms with Crippen LogP contribution in [0.1, 0.15) is 45.0 Å². The molecule has 1 aliphatic carbocycles. The molecule has 19 heavy (non-hydrogen) atoms. The van der Waals surface area contributed by atoms with Gasteiger partial charge < -0.3 is 10.6 Å². The summed E-state index contributed by atoms with van der Waals surface area (Å²) in [5.41, 5.74) is 1.75. The SMILES string of the molecule is CCNc1cnccc1C(=O)NC1C(C)(C)C1(C)C. The molecule has 4 nitrogen and oxygen atoms in total. The minimum atomic E-state index is -0.0259. The Hall–Kier alpha value is -1.58. The van der Waals surface area contributed by atoms with Gasteiger partial charge in [0.2, 0.25) is 0 Å². The average molecular weight is 261 g/mol. The van der Waals surface area contributed by atoms with Crippen LogP contribution in [0.3, 0.4) is 0 Å². The lowest BCUT2D eigenvalue weighted by Gasteiger charge is -2.11. The zero-order valence-corrected chi connectivity index (χ0v) is 12.4. The van der Waals surface area contributed by atoms with Crippen LogP contribution in [-0.2, 0) is 0 Å². The van der Waals surface area contributed by atoms with E-state index >= 15 is 0 Å². The van der Waals surface area contributed by atoms with E-state index in [9.17, 15) is 4.79 Å². The zero-order valence-electron chi connectivity index (χ0n) is 12.4. The van der Waals surface area contributed by atoms with E-state index in [1.807, 2.05) is 6.92 Å².